The molecule has 136 valence electrons. The van der Waals surface area contributed by atoms with Crippen LogP contribution in [0.3, 0.4) is 0 Å². The standard InChI is InChI=1S/C18H18N2O5S/c1-10-7-8-11(9-13(10)20(23)24)16(21)19-17-15(18(22)25-2)12-5-3-4-6-14(12)26-17/h7-9H,3-6H2,1-2H3,(H,19,21). The van der Waals surface area contributed by atoms with Crippen molar-refractivity contribution in [3.63, 3.8) is 0 Å². The molecule has 1 amide bonds. The van der Waals surface area contributed by atoms with E-state index in [1.54, 1.807) is 6.92 Å². The second kappa shape index (κ2) is 7.25. The Morgan fingerprint density at radius 1 is 1.27 bits per heavy atom. The number of nitro groups is 1. The number of ether oxygens (including phenoxy) is 1. The van der Waals surface area contributed by atoms with Gasteiger partial charge in [0.15, 0.2) is 0 Å². The average Bonchev–Trinajstić information content (AvgIpc) is 2.98. The molecule has 26 heavy (non-hydrogen) atoms. The summed E-state index contributed by atoms with van der Waals surface area (Å²) in [5.41, 5.74) is 1.88. The molecule has 0 aliphatic heterocycles. The number of anilines is 1. The Morgan fingerprint density at radius 2 is 2.00 bits per heavy atom. The van der Waals surface area contributed by atoms with Crippen LogP contribution in [0, 0.1) is 17.0 Å². The first kappa shape index (κ1) is 18.1. The Balaban J connectivity index is 1.95. The normalized spacial score (nSPS) is 13.0. The summed E-state index contributed by atoms with van der Waals surface area (Å²) in [6, 6.07) is 4.31. The molecular formula is C18H18N2O5S. The van der Waals surface area contributed by atoms with Crippen LogP contribution in [0.4, 0.5) is 10.7 Å². The van der Waals surface area contributed by atoms with Crippen LogP contribution in [0.5, 0.6) is 0 Å². The van der Waals surface area contributed by atoms with Crippen molar-refractivity contribution in [2.45, 2.75) is 32.6 Å². The summed E-state index contributed by atoms with van der Waals surface area (Å²) in [4.78, 5) is 36.5. The fourth-order valence-electron chi connectivity index (χ4n) is 3.09. The van der Waals surface area contributed by atoms with Crippen molar-refractivity contribution >= 4 is 33.9 Å². The molecule has 0 saturated heterocycles. The zero-order valence-corrected chi connectivity index (χ0v) is 15.3. The van der Waals surface area contributed by atoms with Crippen LogP contribution in [0.25, 0.3) is 0 Å². The van der Waals surface area contributed by atoms with E-state index in [9.17, 15) is 19.7 Å². The molecule has 0 spiro atoms. The first-order valence-electron chi connectivity index (χ1n) is 8.21. The summed E-state index contributed by atoms with van der Waals surface area (Å²) in [6.07, 6.45) is 3.69. The number of benzene rings is 1. The maximum absolute atomic E-state index is 12.6. The van der Waals surface area contributed by atoms with E-state index in [0.717, 1.165) is 36.1 Å². The molecule has 0 atom stereocenters. The molecule has 0 fully saturated rings. The topological polar surface area (TPSA) is 98.5 Å². The number of esters is 1. The van der Waals surface area contributed by atoms with Crippen molar-refractivity contribution in [2.24, 2.45) is 0 Å². The minimum atomic E-state index is -0.518. The van der Waals surface area contributed by atoms with E-state index in [1.807, 2.05) is 0 Å². The van der Waals surface area contributed by atoms with Crippen molar-refractivity contribution < 1.29 is 19.2 Å². The number of fused-ring (bicyclic) bond motifs is 1. The summed E-state index contributed by atoms with van der Waals surface area (Å²) in [6.45, 7) is 1.61. The van der Waals surface area contributed by atoms with Crippen LogP contribution in [-0.2, 0) is 17.6 Å². The first-order chi connectivity index (χ1) is 12.4. The van der Waals surface area contributed by atoms with Gasteiger partial charge in [-0.1, -0.05) is 6.07 Å². The van der Waals surface area contributed by atoms with Gasteiger partial charge in [-0.15, -0.1) is 11.3 Å². The third-order valence-electron chi connectivity index (χ3n) is 4.46. The molecule has 0 bridgehead atoms. The highest BCUT2D eigenvalue weighted by Crippen LogP contribution is 2.38. The van der Waals surface area contributed by atoms with E-state index in [-0.39, 0.29) is 11.3 Å². The molecule has 1 aromatic carbocycles. The Hall–Kier alpha value is -2.74. The fraction of sp³-hybridized carbons (Fsp3) is 0.333. The van der Waals surface area contributed by atoms with E-state index in [2.05, 4.69) is 5.32 Å². The lowest BCUT2D eigenvalue weighted by Crippen LogP contribution is -2.15. The second-order valence-corrected chi connectivity index (χ2v) is 7.22. The lowest BCUT2D eigenvalue weighted by molar-refractivity contribution is -0.385. The average molecular weight is 374 g/mol. The van der Waals surface area contributed by atoms with Gasteiger partial charge < -0.3 is 10.1 Å². The van der Waals surface area contributed by atoms with Crippen LogP contribution in [0.2, 0.25) is 0 Å². The van der Waals surface area contributed by atoms with Gasteiger partial charge in [-0.05, 0) is 44.2 Å². The largest absolute Gasteiger partial charge is 0.465 e. The van der Waals surface area contributed by atoms with Crippen molar-refractivity contribution in [3.8, 4) is 0 Å². The SMILES string of the molecule is COC(=O)c1c(NC(=O)c2ccc(C)c([N+](=O)[O-])c2)sc2c1CCCC2. The van der Waals surface area contributed by atoms with E-state index in [0.29, 0.717) is 16.1 Å². The number of hydrogen-bond acceptors (Lipinski definition) is 6. The van der Waals surface area contributed by atoms with Crippen molar-refractivity contribution in [1.29, 1.82) is 0 Å². The Kier molecular flexibility index (Phi) is 5.03. The number of methoxy groups -OCH3 is 1. The molecule has 8 heteroatoms. The molecule has 0 radical (unpaired) electrons. The number of hydrogen-bond donors (Lipinski definition) is 1. The highest BCUT2D eigenvalue weighted by molar-refractivity contribution is 7.17. The van der Waals surface area contributed by atoms with Gasteiger partial charge in [0.2, 0.25) is 0 Å². The number of carbonyl (C=O) groups is 2. The minimum absolute atomic E-state index is 0.115. The molecule has 1 aliphatic carbocycles. The molecule has 7 nitrogen and oxygen atoms in total. The number of rotatable bonds is 4. The molecule has 3 rings (SSSR count). The van der Waals surface area contributed by atoms with Gasteiger partial charge in [-0.2, -0.15) is 0 Å². The van der Waals surface area contributed by atoms with Gasteiger partial charge in [0.1, 0.15) is 5.00 Å². The molecule has 1 heterocycles. The fourth-order valence-corrected chi connectivity index (χ4v) is 4.37. The Labute approximate surface area is 154 Å². The van der Waals surface area contributed by atoms with E-state index in [4.69, 9.17) is 4.74 Å². The summed E-state index contributed by atoms with van der Waals surface area (Å²) in [5.74, 6) is -0.966. The molecule has 2 aromatic rings. The van der Waals surface area contributed by atoms with Gasteiger partial charge in [-0.25, -0.2) is 4.79 Å². The number of amides is 1. The van der Waals surface area contributed by atoms with Crippen LogP contribution in [0.15, 0.2) is 18.2 Å². The van der Waals surface area contributed by atoms with Crippen LogP contribution >= 0.6 is 11.3 Å². The maximum Gasteiger partial charge on any atom is 0.341 e. The van der Waals surface area contributed by atoms with Crippen LogP contribution in [-0.4, -0.2) is 23.9 Å². The number of nitrogens with one attached hydrogen (secondary N) is 1. The molecule has 0 unspecified atom stereocenters. The summed E-state index contributed by atoms with van der Waals surface area (Å²) in [5, 5.41) is 14.3. The van der Waals surface area contributed by atoms with Gasteiger partial charge in [0, 0.05) is 22.1 Å². The molecular weight excluding hydrogens is 356 g/mol. The van der Waals surface area contributed by atoms with Gasteiger partial charge >= 0.3 is 5.97 Å². The van der Waals surface area contributed by atoms with E-state index >= 15 is 0 Å². The third-order valence-corrected chi connectivity index (χ3v) is 5.66. The summed E-state index contributed by atoms with van der Waals surface area (Å²) in [7, 11) is 1.31. The zero-order chi connectivity index (χ0) is 18.8. The maximum atomic E-state index is 12.6. The van der Waals surface area contributed by atoms with Gasteiger partial charge in [-0.3, -0.25) is 14.9 Å². The van der Waals surface area contributed by atoms with Crippen molar-refractivity contribution in [2.75, 3.05) is 12.4 Å². The second-order valence-electron chi connectivity index (χ2n) is 6.12. The lowest BCUT2D eigenvalue weighted by Gasteiger charge is -2.11. The number of thiophene rings is 1. The molecule has 1 aromatic heterocycles. The van der Waals surface area contributed by atoms with Crippen LogP contribution in [0.1, 0.15) is 49.6 Å². The summed E-state index contributed by atoms with van der Waals surface area (Å²) >= 11 is 1.38. The monoisotopic (exact) mass is 374 g/mol. The highest BCUT2D eigenvalue weighted by atomic mass is 32.1. The predicted octanol–water partition coefficient (Wildman–Crippen LogP) is 3.88. The molecule has 1 aliphatic rings. The van der Waals surface area contributed by atoms with E-state index < -0.39 is 16.8 Å². The first-order valence-corrected chi connectivity index (χ1v) is 9.03. The quantitative estimate of drug-likeness (QED) is 0.497. The van der Waals surface area contributed by atoms with E-state index in [1.165, 1.54) is 36.6 Å². The lowest BCUT2D eigenvalue weighted by atomic mass is 9.95. The number of aryl methyl sites for hydroxylation is 2. The highest BCUT2D eigenvalue weighted by Gasteiger charge is 2.27. The number of nitro benzene ring substituents is 1. The predicted molar refractivity (Wildman–Crippen MR) is 98.1 cm³/mol. The van der Waals surface area contributed by atoms with Crippen molar-refractivity contribution in [1.82, 2.24) is 0 Å². The number of nitrogens with zero attached hydrogens (tertiary/aromatic N) is 1. The Bertz CT molecular complexity index is 903. The minimum Gasteiger partial charge on any atom is -0.465 e. The zero-order valence-electron chi connectivity index (χ0n) is 14.5. The van der Waals surface area contributed by atoms with Gasteiger partial charge in [0.25, 0.3) is 11.6 Å². The third kappa shape index (κ3) is 3.32. The smallest absolute Gasteiger partial charge is 0.341 e. The molecule has 1 N–H and O–H groups in total. The number of carbonyl (C=O) groups excluding carboxylic acids is 2. The van der Waals surface area contributed by atoms with Crippen molar-refractivity contribution in [3.05, 3.63) is 55.4 Å². The molecule has 0 saturated carbocycles. The van der Waals surface area contributed by atoms with Gasteiger partial charge in [0.05, 0.1) is 17.6 Å². The summed E-state index contributed by atoms with van der Waals surface area (Å²) < 4.78 is 4.88. The van der Waals surface area contributed by atoms with Crippen LogP contribution < -0.4 is 5.32 Å². The Morgan fingerprint density at radius 3 is 2.69 bits per heavy atom.